The van der Waals surface area contributed by atoms with Gasteiger partial charge in [-0.25, -0.2) is 14.2 Å². The first kappa shape index (κ1) is 18.3. The highest BCUT2D eigenvalue weighted by molar-refractivity contribution is 5.89. The monoisotopic (exact) mass is 369 g/mol. The molecule has 0 atom stereocenters. The van der Waals surface area contributed by atoms with E-state index in [4.69, 9.17) is 9.15 Å². The second-order valence-electron chi connectivity index (χ2n) is 5.59. The van der Waals surface area contributed by atoms with Crippen LogP contribution in [0.15, 0.2) is 59.1 Å². The van der Waals surface area contributed by atoms with Gasteiger partial charge in [-0.3, -0.25) is 4.79 Å². The fraction of sp³-hybridized carbons (Fsp3) is 0.150. The number of oxazole rings is 1. The van der Waals surface area contributed by atoms with Crippen molar-refractivity contribution in [2.75, 3.05) is 7.11 Å². The summed E-state index contributed by atoms with van der Waals surface area (Å²) in [6.45, 7) is 0. The van der Waals surface area contributed by atoms with Gasteiger partial charge < -0.3 is 13.9 Å². The van der Waals surface area contributed by atoms with Crippen molar-refractivity contribution >= 4 is 11.9 Å². The van der Waals surface area contributed by atoms with Crippen molar-refractivity contribution in [2.45, 2.75) is 12.8 Å². The van der Waals surface area contributed by atoms with Crippen LogP contribution < -0.4 is 4.74 Å². The molecular weight excluding hydrogens is 353 g/mol. The van der Waals surface area contributed by atoms with Gasteiger partial charge in [-0.2, -0.15) is 0 Å². The second-order valence-corrected chi connectivity index (χ2v) is 5.59. The molecule has 0 aliphatic heterocycles. The van der Waals surface area contributed by atoms with Crippen LogP contribution in [0.2, 0.25) is 0 Å². The zero-order valence-corrected chi connectivity index (χ0v) is 14.5. The molecule has 0 aliphatic carbocycles. The van der Waals surface area contributed by atoms with Crippen LogP contribution in [0, 0.1) is 5.82 Å². The Labute approximate surface area is 154 Å². The van der Waals surface area contributed by atoms with E-state index in [1.54, 1.807) is 18.2 Å². The van der Waals surface area contributed by atoms with Gasteiger partial charge in [0.1, 0.15) is 11.6 Å². The van der Waals surface area contributed by atoms with Crippen LogP contribution in [0.5, 0.6) is 5.75 Å². The lowest BCUT2D eigenvalue weighted by molar-refractivity contribution is -0.134. The summed E-state index contributed by atoms with van der Waals surface area (Å²) in [5.41, 5.74) is 0.669. The maximum atomic E-state index is 13.8. The Morgan fingerprint density at radius 1 is 1.11 bits per heavy atom. The number of ether oxygens (including phenoxy) is 2. The highest BCUT2D eigenvalue weighted by Gasteiger charge is 2.13. The maximum absolute atomic E-state index is 13.8. The third-order valence-corrected chi connectivity index (χ3v) is 3.74. The average molecular weight is 369 g/mol. The van der Waals surface area contributed by atoms with Crippen molar-refractivity contribution in [2.24, 2.45) is 0 Å². The van der Waals surface area contributed by atoms with E-state index in [2.05, 4.69) is 9.72 Å². The number of halogens is 1. The molecule has 0 amide bonds. The molecule has 0 saturated heterocycles. The molecule has 0 N–H and O–H groups in total. The molecule has 0 aliphatic rings. The molecular formula is C20H16FNO5. The van der Waals surface area contributed by atoms with Gasteiger partial charge in [0.05, 0.1) is 30.9 Å². The number of rotatable bonds is 6. The largest absolute Gasteiger partial charge is 0.465 e. The number of hydrogen-bond acceptors (Lipinski definition) is 6. The molecule has 3 aromatic rings. The molecule has 2 aromatic carbocycles. The standard InChI is InChI=1S/C20H16FNO5/c1-25-20(24)13-6-8-14(9-7-13)26-19(23)11-10-18-22-12-17(27-18)15-4-2-3-5-16(15)21/h2-9,12H,10-11H2,1H3. The predicted octanol–water partition coefficient (Wildman–Crippen LogP) is 3.81. The Balaban J connectivity index is 1.55. The van der Waals surface area contributed by atoms with Gasteiger partial charge in [-0.05, 0) is 36.4 Å². The van der Waals surface area contributed by atoms with E-state index in [-0.39, 0.29) is 12.8 Å². The maximum Gasteiger partial charge on any atom is 0.337 e. The molecule has 7 heteroatoms. The first-order valence-corrected chi connectivity index (χ1v) is 8.15. The predicted molar refractivity (Wildman–Crippen MR) is 93.6 cm³/mol. The molecule has 0 saturated carbocycles. The Morgan fingerprint density at radius 3 is 2.56 bits per heavy atom. The Kier molecular flexibility index (Phi) is 5.61. The van der Waals surface area contributed by atoms with Crippen molar-refractivity contribution in [3.63, 3.8) is 0 Å². The summed E-state index contributed by atoms with van der Waals surface area (Å²) < 4.78 is 29.0. The van der Waals surface area contributed by atoms with Crippen molar-refractivity contribution in [1.82, 2.24) is 4.98 Å². The Bertz CT molecular complexity index is 949. The number of aryl methyl sites for hydroxylation is 1. The number of aromatic nitrogens is 1. The Morgan fingerprint density at radius 2 is 1.85 bits per heavy atom. The minimum Gasteiger partial charge on any atom is -0.465 e. The van der Waals surface area contributed by atoms with Gasteiger partial charge in [-0.1, -0.05) is 12.1 Å². The van der Waals surface area contributed by atoms with Gasteiger partial charge >= 0.3 is 11.9 Å². The molecule has 0 fully saturated rings. The summed E-state index contributed by atoms with van der Waals surface area (Å²) in [6, 6.07) is 12.2. The summed E-state index contributed by atoms with van der Waals surface area (Å²) in [5, 5.41) is 0. The highest BCUT2D eigenvalue weighted by Crippen LogP contribution is 2.23. The molecule has 1 aromatic heterocycles. The zero-order chi connectivity index (χ0) is 19.2. The lowest BCUT2D eigenvalue weighted by Gasteiger charge is -2.04. The van der Waals surface area contributed by atoms with Crippen LogP contribution >= 0.6 is 0 Å². The van der Waals surface area contributed by atoms with Gasteiger partial charge in [-0.15, -0.1) is 0 Å². The number of benzene rings is 2. The molecule has 27 heavy (non-hydrogen) atoms. The molecule has 138 valence electrons. The van der Waals surface area contributed by atoms with E-state index in [9.17, 15) is 14.0 Å². The minimum atomic E-state index is -0.480. The quantitative estimate of drug-likeness (QED) is 0.486. The summed E-state index contributed by atoms with van der Waals surface area (Å²) >= 11 is 0. The average Bonchev–Trinajstić information content (AvgIpc) is 3.15. The molecule has 0 radical (unpaired) electrons. The fourth-order valence-electron chi connectivity index (χ4n) is 2.38. The van der Waals surface area contributed by atoms with Crippen LogP contribution in [0.1, 0.15) is 22.7 Å². The summed E-state index contributed by atoms with van der Waals surface area (Å²) in [6.07, 6.45) is 1.67. The molecule has 0 spiro atoms. The summed E-state index contributed by atoms with van der Waals surface area (Å²) in [5.74, 6) is -0.433. The van der Waals surface area contributed by atoms with Gasteiger partial charge in [0, 0.05) is 6.42 Å². The van der Waals surface area contributed by atoms with Gasteiger partial charge in [0.2, 0.25) is 0 Å². The van der Waals surface area contributed by atoms with Crippen molar-refractivity contribution in [3.05, 3.63) is 72.0 Å². The number of carbonyl (C=O) groups excluding carboxylic acids is 2. The SMILES string of the molecule is COC(=O)c1ccc(OC(=O)CCc2ncc(-c3ccccc3F)o2)cc1. The topological polar surface area (TPSA) is 78.6 Å². The number of esters is 2. The molecule has 6 nitrogen and oxygen atoms in total. The normalized spacial score (nSPS) is 10.4. The van der Waals surface area contributed by atoms with Crippen molar-refractivity contribution in [1.29, 1.82) is 0 Å². The van der Waals surface area contributed by atoms with Crippen LogP contribution in [-0.4, -0.2) is 24.0 Å². The lowest BCUT2D eigenvalue weighted by Crippen LogP contribution is -2.09. The summed E-state index contributed by atoms with van der Waals surface area (Å²) in [7, 11) is 1.29. The number of hydrogen-bond donors (Lipinski definition) is 0. The number of methoxy groups -OCH3 is 1. The first-order valence-electron chi connectivity index (χ1n) is 8.15. The highest BCUT2D eigenvalue weighted by atomic mass is 19.1. The smallest absolute Gasteiger partial charge is 0.337 e. The Hall–Kier alpha value is -3.48. The summed E-state index contributed by atoms with van der Waals surface area (Å²) in [4.78, 5) is 27.4. The van der Waals surface area contributed by atoms with E-state index >= 15 is 0 Å². The van der Waals surface area contributed by atoms with Gasteiger partial charge in [0.25, 0.3) is 0 Å². The molecule has 0 unspecified atom stereocenters. The van der Waals surface area contributed by atoms with Crippen molar-refractivity contribution < 1.29 is 27.9 Å². The van der Waals surface area contributed by atoms with Crippen LogP contribution in [0.4, 0.5) is 4.39 Å². The fourth-order valence-corrected chi connectivity index (χ4v) is 2.38. The molecule has 1 heterocycles. The molecule has 3 rings (SSSR count). The number of carbonyl (C=O) groups is 2. The zero-order valence-electron chi connectivity index (χ0n) is 14.5. The third-order valence-electron chi connectivity index (χ3n) is 3.74. The van der Waals surface area contributed by atoms with E-state index < -0.39 is 17.8 Å². The molecule has 0 bridgehead atoms. The van der Waals surface area contributed by atoms with E-state index in [0.717, 1.165) is 0 Å². The van der Waals surface area contributed by atoms with Crippen molar-refractivity contribution in [3.8, 4) is 17.1 Å². The third kappa shape index (κ3) is 4.58. The van der Waals surface area contributed by atoms with Crippen LogP contribution in [-0.2, 0) is 16.0 Å². The van der Waals surface area contributed by atoms with Crippen LogP contribution in [0.3, 0.4) is 0 Å². The minimum absolute atomic E-state index is 0.0377. The van der Waals surface area contributed by atoms with E-state index in [1.807, 2.05) is 0 Å². The lowest BCUT2D eigenvalue weighted by atomic mass is 10.2. The van der Waals surface area contributed by atoms with E-state index in [1.165, 1.54) is 43.6 Å². The van der Waals surface area contributed by atoms with Gasteiger partial charge in [0.15, 0.2) is 11.7 Å². The number of nitrogens with zero attached hydrogens (tertiary/aromatic N) is 1. The first-order chi connectivity index (χ1) is 13.1. The van der Waals surface area contributed by atoms with E-state index in [0.29, 0.717) is 28.5 Å². The second kappa shape index (κ2) is 8.27. The van der Waals surface area contributed by atoms with Crippen LogP contribution in [0.25, 0.3) is 11.3 Å².